The average Bonchev–Trinajstić information content (AvgIpc) is 2.65. The van der Waals surface area contributed by atoms with Crippen LogP contribution in [0.2, 0.25) is 0 Å². The highest BCUT2D eigenvalue weighted by Gasteiger charge is 2.17. The van der Waals surface area contributed by atoms with Crippen LogP contribution in [0.25, 0.3) is 0 Å². The summed E-state index contributed by atoms with van der Waals surface area (Å²) < 4.78 is 2.12. The van der Waals surface area contributed by atoms with Gasteiger partial charge in [0, 0.05) is 30.0 Å². The molecule has 0 aliphatic carbocycles. The molecular formula is C17H26N2O. The summed E-state index contributed by atoms with van der Waals surface area (Å²) in [4.78, 5) is 14.6. The number of Topliss-reactive ketones (excluding diaryl/α,β-unsaturated/α-hetero) is 1. The number of carbonyl (C=O) groups excluding carboxylic acids is 1. The second kappa shape index (κ2) is 7.25. The van der Waals surface area contributed by atoms with Crippen molar-refractivity contribution < 1.29 is 4.79 Å². The second-order valence-electron chi connectivity index (χ2n) is 5.37. The van der Waals surface area contributed by atoms with Crippen molar-refractivity contribution >= 4 is 5.78 Å². The highest BCUT2D eigenvalue weighted by atomic mass is 16.1. The van der Waals surface area contributed by atoms with Crippen molar-refractivity contribution in [2.75, 3.05) is 19.6 Å². The quantitative estimate of drug-likeness (QED) is 0.536. The predicted octanol–water partition coefficient (Wildman–Crippen LogP) is 3.37. The Hall–Kier alpha value is -1.61. The zero-order valence-electron chi connectivity index (χ0n) is 13.2. The molecule has 1 heterocycles. The Morgan fingerprint density at radius 3 is 2.55 bits per heavy atom. The van der Waals surface area contributed by atoms with Crippen molar-refractivity contribution in [2.45, 2.75) is 34.2 Å². The van der Waals surface area contributed by atoms with E-state index in [0.717, 1.165) is 42.2 Å². The van der Waals surface area contributed by atoms with E-state index in [2.05, 4.69) is 29.5 Å². The second-order valence-corrected chi connectivity index (χ2v) is 5.37. The van der Waals surface area contributed by atoms with E-state index in [9.17, 15) is 4.79 Å². The number of aryl methyl sites for hydroxylation is 1. The standard InChI is InChI=1S/C17H26N2O/c1-7-9-19-14(5)10-16(15(19)6)17(20)12-18(8-2)11-13(3)4/h7,10H,1,3,8-9,11-12H2,2,4-6H3. The molecule has 0 aliphatic heterocycles. The summed E-state index contributed by atoms with van der Waals surface area (Å²) in [5.74, 6) is 0.177. The molecule has 3 heteroatoms. The molecule has 0 saturated heterocycles. The lowest BCUT2D eigenvalue weighted by Gasteiger charge is -2.19. The van der Waals surface area contributed by atoms with E-state index in [4.69, 9.17) is 0 Å². The molecule has 1 aromatic heterocycles. The first kappa shape index (κ1) is 16.4. The molecule has 0 aliphatic rings. The Kier molecular flexibility index (Phi) is 5.96. The predicted molar refractivity (Wildman–Crippen MR) is 85.4 cm³/mol. The van der Waals surface area contributed by atoms with Crippen molar-refractivity contribution in [1.82, 2.24) is 9.47 Å². The van der Waals surface area contributed by atoms with Crippen LogP contribution in [0.1, 0.15) is 35.6 Å². The zero-order valence-corrected chi connectivity index (χ0v) is 13.2. The number of carbonyl (C=O) groups is 1. The number of rotatable bonds is 8. The average molecular weight is 274 g/mol. The molecule has 0 unspecified atom stereocenters. The van der Waals surface area contributed by atoms with Crippen molar-refractivity contribution in [3.8, 4) is 0 Å². The molecule has 0 radical (unpaired) electrons. The minimum Gasteiger partial charge on any atom is -0.345 e. The number of ketones is 1. The fraction of sp³-hybridized carbons (Fsp3) is 0.471. The molecule has 1 aromatic rings. The third-order valence-corrected chi connectivity index (χ3v) is 3.49. The Morgan fingerprint density at radius 1 is 1.40 bits per heavy atom. The fourth-order valence-corrected chi connectivity index (χ4v) is 2.44. The van der Waals surface area contributed by atoms with Gasteiger partial charge in [-0.3, -0.25) is 9.69 Å². The normalized spacial score (nSPS) is 10.8. The van der Waals surface area contributed by atoms with Gasteiger partial charge in [-0.2, -0.15) is 0 Å². The third kappa shape index (κ3) is 3.94. The lowest BCUT2D eigenvalue weighted by Crippen LogP contribution is -2.31. The van der Waals surface area contributed by atoms with E-state index < -0.39 is 0 Å². The van der Waals surface area contributed by atoms with Crippen LogP contribution in [-0.2, 0) is 6.54 Å². The molecule has 3 nitrogen and oxygen atoms in total. The van der Waals surface area contributed by atoms with E-state index >= 15 is 0 Å². The smallest absolute Gasteiger partial charge is 0.178 e. The van der Waals surface area contributed by atoms with Gasteiger partial charge in [0.15, 0.2) is 5.78 Å². The van der Waals surface area contributed by atoms with Gasteiger partial charge >= 0.3 is 0 Å². The SMILES string of the molecule is C=CCn1c(C)cc(C(=O)CN(CC)CC(=C)C)c1C. The van der Waals surface area contributed by atoms with E-state index in [1.807, 2.05) is 32.9 Å². The first-order chi connectivity index (χ1) is 9.40. The summed E-state index contributed by atoms with van der Waals surface area (Å²) in [7, 11) is 0. The molecule has 0 fully saturated rings. The van der Waals surface area contributed by atoms with Crippen LogP contribution in [0.3, 0.4) is 0 Å². The van der Waals surface area contributed by atoms with E-state index in [1.54, 1.807) is 0 Å². The number of nitrogens with zero attached hydrogens (tertiary/aromatic N) is 2. The maximum absolute atomic E-state index is 12.5. The van der Waals surface area contributed by atoms with Gasteiger partial charge in [-0.15, -0.1) is 6.58 Å². The maximum Gasteiger partial charge on any atom is 0.178 e. The first-order valence-electron chi connectivity index (χ1n) is 7.08. The molecule has 110 valence electrons. The minimum atomic E-state index is 0.177. The molecule has 0 bridgehead atoms. The summed E-state index contributed by atoms with van der Waals surface area (Å²) in [6, 6.07) is 1.98. The molecule has 0 amide bonds. The highest BCUT2D eigenvalue weighted by Crippen LogP contribution is 2.16. The van der Waals surface area contributed by atoms with Crippen LogP contribution >= 0.6 is 0 Å². The lowest BCUT2D eigenvalue weighted by molar-refractivity contribution is 0.0939. The van der Waals surface area contributed by atoms with Crippen LogP contribution < -0.4 is 0 Å². The molecule has 0 atom stereocenters. The number of likely N-dealkylation sites (N-methyl/N-ethyl adjacent to an activating group) is 1. The molecular weight excluding hydrogens is 248 g/mol. The van der Waals surface area contributed by atoms with Gasteiger partial charge in [0.2, 0.25) is 0 Å². The summed E-state index contributed by atoms with van der Waals surface area (Å²) in [5.41, 5.74) is 4.04. The summed E-state index contributed by atoms with van der Waals surface area (Å²) in [6.07, 6.45) is 1.85. The van der Waals surface area contributed by atoms with Crippen molar-refractivity contribution in [2.24, 2.45) is 0 Å². The number of hydrogen-bond acceptors (Lipinski definition) is 2. The van der Waals surface area contributed by atoms with Crippen LogP contribution in [0.15, 0.2) is 30.9 Å². The van der Waals surface area contributed by atoms with E-state index in [-0.39, 0.29) is 5.78 Å². The first-order valence-corrected chi connectivity index (χ1v) is 7.08. The number of allylic oxidation sites excluding steroid dienone is 1. The number of hydrogen-bond donors (Lipinski definition) is 0. The third-order valence-electron chi connectivity index (χ3n) is 3.49. The monoisotopic (exact) mass is 274 g/mol. The summed E-state index contributed by atoms with van der Waals surface area (Å²) in [5, 5.41) is 0. The van der Waals surface area contributed by atoms with Gasteiger partial charge in [-0.1, -0.05) is 25.2 Å². The van der Waals surface area contributed by atoms with Crippen LogP contribution in [0.4, 0.5) is 0 Å². The van der Waals surface area contributed by atoms with Gasteiger partial charge in [-0.25, -0.2) is 0 Å². The molecule has 0 spiro atoms. The topological polar surface area (TPSA) is 25.2 Å². The maximum atomic E-state index is 12.5. The lowest BCUT2D eigenvalue weighted by atomic mass is 10.1. The van der Waals surface area contributed by atoms with Gasteiger partial charge in [0.1, 0.15) is 0 Å². The Labute approximate surface area is 122 Å². The van der Waals surface area contributed by atoms with E-state index in [1.165, 1.54) is 0 Å². The molecule has 1 rings (SSSR count). The van der Waals surface area contributed by atoms with Gasteiger partial charge in [-0.05, 0) is 33.4 Å². The van der Waals surface area contributed by atoms with Crippen LogP contribution in [0.5, 0.6) is 0 Å². The molecule has 0 saturated carbocycles. The Bertz CT molecular complexity index is 511. The van der Waals surface area contributed by atoms with Gasteiger partial charge in [0.05, 0.1) is 6.54 Å². The molecule has 20 heavy (non-hydrogen) atoms. The minimum absolute atomic E-state index is 0.177. The Morgan fingerprint density at radius 2 is 2.05 bits per heavy atom. The van der Waals surface area contributed by atoms with Gasteiger partial charge < -0.3 is 4.57 Å². The van der Waals surface area contributed by atoms with Crippen molar-refractivity contribution in [3.63, 3.8) is 0 Å². The summed E-state index contributed by atoms with van der Waals surface area (Å²) in [6.45, 7) is 18.6. The highest BCUT2D eigenvalue weighted by molar-refractivity contribution is 5.99. The largest absolute Gasteiger partial charge is 0.345 e. The zero-order chi connectivity index (χ0) is 15.3. The van der Waals surface area contributed by atoms with Crippen LogP contribution in [-0.4, -0.2) is 34.9 Å². The summed E-state index contributed by atoms with van der Waals surface area (Å²) >= 11 is 0. The van der Waals surface area contributed by atoms with Crippen LogP contribution in [0, 0.1) is 13.8 Å². The Balaban J connectivity index is 2.89. The fourth-order valence-electron chi connectivity index (χ4n) is 2.44. The van der Waals surface area contributed by atoms with Gasteiger partial charge in [0.25, 0.3) is 0 Å². The molecule has 0 aromatic carbocycles. The van der Waals surface area contributed by atoms with Crippen molar-refractivity contribution in [3.05, 3.63) is 47.8 Å². The van der Waals surface area contributed by atoms with Crippen molar-refractivity contribution in [1.29, 1.82) is 0 Å². The number of aromatic nitrogens is 1. The van der Waals surface area contributed by atoms with E-state index in [0.29, 0.717) is 6.54 Å². The molecule has 0 N–H and O–H groups in total.